The summed E-state index contributed by atoms with van der Waals surface area (Å²) in [5.74, 6) is 0. The van der Waals surface area contributed by atoms with Crippen LogP contribution in [0.25, 0.3) is 44.5 Å². The normalized spacial score (nSPS) is 14.6. The van der Waals surface area contributed by atoms with Gasteiger partial charge >= 0.3 is 6.85 Å². The van der Waals surface area contributed by atoms with E-state index in [-0.39, 0.29) is 28.5 Å². The van der Waals surface area contributed by atoms with Crippen molar-refractivity contribution >= 4 is 46.2 Å². The zero-order valence-corrected chi connectivity index (χ0v) is 40.6. The maximum Gasteiger partial charge on any atom is 0.333 e. The highest BCUT2D eigenvalue weighted by Crippen LogP contribution is 2.54. The van der Waals surface area contributed by atoms with Crippen LogP contribution in [0.2, 0.25) is 0 Å². The van der Waals surface area contributed by atoms with Crippen molar-refractivity contribution in [3.63, 3.8) is 0 Å². The molecule has 0 atom stereocenters. The van der Waals surface area contributed by atoms with Gasteiger partial charge in [0.05, 0.1) is 5.69 Å². The summed E-state index contributed by atoms with van der Waals surface area (Å²) in [4.78, 5) is 5.34. The molecule has 8 aromatic rings. The highest BCUT2D eigenvalue weighted by Gasteiger charge is 2.48. The van der Waals surface area contributed by atoms with Gasteiger partial charge in [-0.05, 0) is 137 Å². The van der Waals surface area contributed by atoms with E-state index in [2.05, 4.69) is 256 Å². The second-order valence-electron chi connectivity index (χ2n) is 22.7. The molecule has 0 saturated heterocycles. The van der Waals surface area contributed by atoms with Crippen LogP contribution in [0.5, 0.6) is 0 Å². The first kappa shape index (κ1) is 42.1. The van der Waals surface area contributed by atoms with Gasteiger partial charge < -0.3 is 9.71 Å². The van der Waals surface area contributed by atoms with Gasteiger partial charge in [0.15, 0.2) is 0 Å². The predicted octanol–water partition coefficient (Wildman–Crippen LogP) is 15.9. The van der Waals surface area contributed by atoms with Crippen LogP contribution in [0.15, 0.2) is 170 Å². The van der Waals surface area contributed by atoms with E-state index in [9.17, 15) is 0 Å². The molecule has 1 aliphatic carbocycles. The first-order valence-corrected chi connectivity index (χ1v) is 24.0. The van der Waals surface area contributed by atoms with Crippen LogP contribution >= 0.6 is 0 Å². The van der Waals surface area contributed by atoms with Crippen molar-refractivity contribution in [3.05, 3.63) is 198 Å². The van der Waals surface area contributed by atoms with E-state index in [1.807, 2.05) is 0 Å². The standard InChI is InChI=1S/C63H61BN2/c1-60(2,3)43-27-30-46(31-28-43)66-56-32-26-42(40-20-14-12-15-21-40)34-50(56)51-36-45(62(7,8)9)37-58-59(51)64(66)54-38-49-47-24-18-19-25-52(47)63(10,11)53(49)39-57(54)65(58)55-33-29-44(61(4,5)6)35-48(55)41-22-16-13-17-23-41/h12-39H,1-11H3. The maximum atomic E-state index is 2.68. The van der Waals surface area contributed by atoms with Gasteiger partial charge in [-0.15, -0.1) is 0 Å². The van der Waals surface area contributed by atoms with Crippen molar-refractivity contribution in [3.8, 4) is 44.5 Å². The van der Waals surface area contributed by atoms with Crippen molar-refractivity contribution in [2.45, 2.75) is 97.8 Å². The van der Waals surface area contributed by atoms with Gasteiger partial charge in [0.1, 0.15) is 0 Å². The van der Waals surface area contributed by atoms with E-state index < -0.39 is 0 Å². The summed E-state index contributed by atoms with van der Waals surface area (Å²) >= 11 is 0. The molecule has 8 aromatic carbocycles. The smallest absolute Gasteiger partial charge is 0.333 e. The Morgan fingerprint density at radius 3 is 1.64 bits per heavy atom. The third-order valence-corrected chi connectivity index (χ3v) is 14.9. The molecule has 0 spiro atoms. The van der Waals surface area contributed by atoms with Gasteiger partial charge in [0.25, 0.3) is 0 Å². The zero-order chi connectivity index (χ0) is 46.1. The van der Waals surface area contributed by atoms with Crippen molar-refractivity contribution in [2.24, 2.45) is 0 Å². The fraction of sp³-hybridized carbons (Fsp3) is 0.238. The minimum absolute atomic E-state index is 0.0297. The Balaban J connectivity index is 1.30. The Morgan fingerprint density at radius 1 is 0.379 bits per heavy atom. The monoisotopic (exact) mass is 856 g/mol. The highest BCUT2D eigenvalue weighted by molar-refractivity contribution is 6.93. The predicted molar refractivity (Wildman–Crippen MR) is 285 cm³/mol. The summed E-state index contributed by atoms with van der Waals surface area (Å²) < 4.78 is 0. The van der Waals surface area contributed by atoms with Crippen LogP contribution in [-0.4, -0.2) is 6.85 Å². The quantitative estimate of drug-likeness (QED) is 0.163. The van der Waals surface area contributed by atoms with Gasteiger partial charge in [0, 0.05) is 39.3 Å². The second kappa shape index (κ2) is 14.7. The van der Waals surface area contributed by atoms with Gasteiger partial charge in [-0.2, -0.15) is 0 Å². The number of rotatable bonds is 4. The maximum absolute atomic E-state index is 2.68. The largest absolute Gasteiger partial charge is 0.376 e. The number of nitrogens with zero attached hydrogens (tertiary/aromatic N) is 2. The molecule has 2 nitrogen and oxygen atoms in total. The average molecular weight is 857 g/mol. The molecule has 66 heavy (non-hydrogen) atoms. The third kappa shape index (κ3) is 6.60. The van der Waals surface area contributed by atoms with E-state index in [0.717, 1.165) is 0 Å². The van der Waals surface area contributed by atoms with E-state index in [4.69, 9.17) is 0 Å². The summed E-state index contributed by atoms with van der Waals surface area (Å²) in [5.41, 5.74) is 25.3. The highest BCUT2D eigenvalue weighted by atomic mass is 15.2. The molecule has 0 aromatic heterocycles. The molecule has 0 amide bonds. The van der Waals surface area contributed by atoms with Crippen LogP contribution in [0.4, 0.5) is 28.4 Å². The van der Waals surface area contributed by atoms with Gasteiger partial charge in [-0.3, -0.25) is 0 Å². The fourth-order valence-corrected chi connectivity index (χ4v) is 11.1. The number of benzene rings is 8. The second-order valence-corrected chi connectivity index (χ2v) is 22.7. The summed E-state index contributed by atoms with van der Waals surface area (Å²) in [6.45, 7) is 25.7. The van der Waals surface area contributed by atoms with E-state index in [1.54, 1.807) is 0 Å². The lowest BCUT2D eigenvalue weighted by Crippen LogP contribution is -2.61. The Labute approximate surface area is 394 Å². The van der Waals surface area contributed by atoms with E-state index >= 15 is 0 Å². The Kier molecular flexibility index (Phi) is 9.38. The molecule has 0 fully saturated rings. The first-order valence-electron chi connectivity index (χ1n) is 24.0. The molecule has 2 aliphatic heterocycles. The van der Waals surface area contributed by atoms with Crippen molar-refractivity contribution < 1.29 is 0 Å². The summed E-state index contributed by atoms with van der Waals surface area (Å²) in [7, 11) is 0. The average Bonchev–Trinajstić information content (AvgIpc) is 3.52. The fourth-order valence-electron chi connectivity index (χ4n) is 11.1. The summed E-state index contributed by atoms with van der Waals surface area (Å²) in [6.07, 6.45) is 0. The van der Waals surface area contributed by atoms with Crippen LogP contribution in [0.3, 0.4) is 0 Å². The van der Waals surface area contributed by atoms with E-state index in [1.165, 1.54) is 112 Å². The molecule has 11 rings (SSSR count). The number of hydrogen-bond donors (Lipinski definition) is 0. The number of hydrogen-bond acceptors (Lipinski definition) is 2. The lowest BCUT2D eigenvalue weighted by atomic mass is 9.43. The first-order chi connectivity index (χ1) is 31.4. The molecule has 0 unspecified atom stereocenters. The number of fused-ring (bicyclic) bond motifs is 7. The molecule has 326 valence electrons. The van der Waals surface area contributed by atoms with E-state index in [0.29, 0.717) is 0 Å². The van der Waals surface area contributed by atoms with Crippen LogP contribution in [0.1, 0.15) is 104 Å². The molecule has 0 saturated carbocycles. The minimum Gasteiger partial charge on any atom is -0.376 e. The van der Waals surface area contributed by atoms with Crippen molar-refractivity contribution in [1.82, 2.24) is 0 Å². The molecule has 3 aliphatic rings. The van der Waals surface area contributed by atoms with Crippen molar-refractivity contribution in [1.29, 1.82) is 0 Å². The SMILES string of the molecule is CC(C)(C)c1ccc(N2B3c4cc5c(cc4N(c4ccc(C(C)(C)C)cc4-c4ccccc4)c4cc(C(C)(C)C)cc(c43)-c3cc(-c4ccccc4)ccc32)C(C)(C)c2ccccc2-5)cc1. The molecule has 0 bridgehead atoms. The molecule has 2 heterocycles. The molecular weight excluding hydrogens is 796 g/mol. The Hall–Kier alpha value is -6.58. The van der Waals surface area contributed by atoms with Gasteiger partial charge in [-0.25, -0.2) is 0 Å². The number of anilines is 5. The van der Waals surface area contributed by atoms with Gasteiger partial charge in [0.2, 0.25) is 0 Å². The Morgan fingerprint density at radius 2 is 0.970 bits per heavy atom. The van der Waals surface area contributed by atoms with Gasteiger partial charge in [-0.1, -0.05) is 197 Å². The van der Waals surface area contributed by atoms with Crippen LogP contribution in [-0.2, 0) is 21.7 Å². The lowest BCUT2D eigenvalue weighted by Gasteiger charge is -2.47. The Bertz CT molecular complexity index is 3210. The molecule has 0 N–H and O–H groups in total. The van der Waals surface area contributed by atoms with Crippen LogP contribution < -0.4 is 20.6 Å². The molecule has 3 heteroatoms. The topological polar surface area (TPSA) is 6.48 Å². The van der Waals surface area contributed by atoms with Crippen molar-refractivity contribution in [2.75, 3.05) is 9.71 Å². The summed E-state index contributed by atoms with van der Waals surface area (Å²) in [6, 6.07) is 65.2. The zero-order valence-electron chi connectivity index (χ0n) is 40.6. The molecule has 0 radical (unpaired) electrons. The minimum atomic E-state index is -0.181. The summed E-state index contributed by atoms with van der Waals surface area (Å²) in [5, 5.41) is 0. The third-order valence-electron chi connectivity index (χ3n) is 14.9. The van der Waals surface area contributed by atoms with Crippen LogP contribution in [0, 0.1) is 0 Å². The lowest BCUT2D eigenvalue weighted by molar-refractivity contribution is 0.590. The molecular formula is C63H61BN2.